The van der Waals surface area contributed by atoms with Crippen molar-refractivity contribution in [2.75, 3.05) is 57.8 Å². The van der Waals surface area contributed by atoms with E-state index in [0.29, 0.717) is 38.2 Å². The van der Waals surface area contributed by atoms with E-state index in [1.807, 2.05) is 120 Å². The van der Waals surface area contributed by atoms with Gasteiger partial charge in [-0.05, 0) is 373 Å². The van der Waals surface area contributed by atoms with E-state index in [0.717, 1.165) is 127 Å². The molecule has 718 valence electrons. The van der Waals surface area contributed by atoms with Crippen LogP contribution in [0.1, 0.15) is 224 Å². The number of rotatable bonds is 8. The predicted octanol–water partition coefficient (Wildman–Crippen LogP) is 24.9. The van der Waals surface area contributed by atoms with Gasteiger partial charge in [0.2, 0.25) is 0 Å². The molecule has 0 radical (unpaired) electrons. The summed E-state index contributed by atoms with van der Waals surface area (Å²) in [6, 6.07) is 56.7. The number of piperazine rings is 2. The molecule has 7 aliphatic rings. The Bertz CT molecular complexity index is 5580. The number of fused-ring (bicyclic) bond motifs is 5. The third-order valence-electron chi connectivity index (χ3n) is 24.0. The first-order valence-corrected chi connectivity index (χ1v) is 49.8. The van der Waals surface area contributed by atoms with Crippen molar-refractivity contribution in [3.63, 3.8) is 0 Å². The lowest BCUT2D eigenvalue weighted by atomic mass is 9.86. The van der Waals surface area contributed by atoms with Crippen LogP contribution in [0.3, 0.4) is 0 Å². The maximum atomic E-state index is 12.9. The summed E-state index contributed by atoms with van der Waals surface area (Å²) in [4.78, 5) is 63.6. The van der Waals surface area contributed by atoms with Gasteiger partial charge in [0.1, 0.15) is 22.8 Å². The van der Waals surface area contributed by atoms with E-state index in [4.69, 9.17) is 35.7 Å². The van der Waals surface area contributed by atoms with E-state index in [1.165, 1.54) is 169 Å². The maximum Gasteiger partial charge on any atom is 0.410 e. The van der Waals surface area contributed by atoms with Crippen LogP contribution in [-0.2, 0) is 70.4 Å². The number of Topliss-reactive ketones (excluding diaryl/α,β-unsaturated/α-hetero) is 2. The van der Waals surface area contributed by atoms with Gasteiger partial charge in [0.25, 0.3) is 5.91 Å². The van der Waals surface area contributed by atoms with Gasteiger partial charge in [0.15, 0.2) is 0 Å². The number of nitrogen functional groups attached to an aromatic ring is 1. The number of carbonyl (C=O) groups is 5. The summed E-state index contributed by atoms with van der Waals surface area (Å²) >= 11 is 17.2. The van der Waals surface area contributed by atoms with Crippen molar-refractivity contribution in [2.45, 2.75) is 238 Å². The van der Waals surface area contributed by atoms with Crippen LogP contribution in [0.15, 0.2) is 192 Å². The number of halogens is 6. The average molecular weight is 2170 g/mol. The van der Waals surface area contributed by atoms with Crippen LogP contribution in [0.2, 0.25) is 0 Å². The fraction of sp³-hybridized carbons (Fsp3) is 0.429. The van der Waals surface area contributed by atoms with Crippen molar-refractivity contribution >= 4 is 138 Å². The number of para-hydroxylation sites is 1. The number of nitrogens with two attached hydrogens (primary N) is 1. The number of carbonyl (C=O) groups excluding carboxylic acids is 5. The van der Waals surface area contributed by atoms with Crippen molar-refractivity contribution in [3.05, 3.63) is 271 Å². The van der Waals surface area contributed by atoms with Gasteiger partial charge in [-0.3, -0.25) is 20.2 Å². The predicted molar refractivity (Wildman–Crippen MR) is 561 cm³/mol. The average Bonchev–Trinajstić information content (AvgIpc) is 1.65. The molecule has 1 saturated carbocycles. The molecule has 23 nitrogen and oxygen atoms in total. The Morgan fingerprint density at radius 3 is 1.13 bits per heavy atom. The summed E-state index contributed by atoms with van der Waals surface area (Å²) in [6.07, 6.45) is 22.6. The van der Waals surface area contributed by atoms with Crippen molar-refractivity contribution < 1.29 is 33.4 Å². The summed E-state index contributed by atoms with van der Waals surface area (Å²) in [5.74, 6) is 5.05. The van der Waals surface area contributed by atoms with Crippen LogP contribution < -0.4 is 16.6 Å². The van der Waals surface area contributed by atoms with Gasteiger partial charge < -0.3 is 34.9 Å². The van der Waals surface area contributed by atoms with Gasteiger partial charge in [-0.15, -0.1) is 12.4 Å². The van der Waals surface area contributed by atoms with E-state index in [1.54, 1.807) is 14.7 Å². The number of ketones is 2. The number of aryl methyl sites for hydroxylation is 5. The molecule has 7 heterocycles. The summed E-state index contributed by atoms with van der Waals surface area (Å²) < 4.78 is 26.5. The second-order valence-electron chi connectivity index (χ2n) is 36.0. The van der Waals surface area contributed by atoms with Crippen molar-refractivity contribution in [3.8, 4) is 28.4 Å². The smallest absolute Gasteiger partial charge is 0.410 e. The lowest BCUT2D eigenvalue weighted by Gasteiger charge is -2.35. The molecule has 3 amide bonds. The fourth-order valence-electron chi connectivity index (χ4n) is 17.2. The Morgan fingerprint density at radius 1 is 0.403 bits per heavy atom. The second-order valence-corrected chi connectivity index (χ2v) is 40.6. The number of benzene rings is 7. The molecule has 19 rings (SSSR count). The topological polar surface area (TPSA) is 253 Å². The van der Waals surface area contributed by atoms with Gasteiger partial charge in [-0.1, -0.05) is 119 Å². The highest BCUT2D eigenvalue weighted by molar-refractivity contribution is 9.11. The van der Waals surface area contributed by atoms with Crippen LogP contribution >= 0.6 is 92.1 Å². The molecule has 12 aromatic rings. The third kappa shape index (κ3) is 29.8. The van der Waals surface area contributed by atoms with Crippen LogP contribution in [0.5, 0.6) is 0 Å². The van der Waals surface area contributed by atoms with E-state index in [9.17, 15) is 24.0 Å². The third-order valence-corrected chi connectivity index (χ3v) is 26.7. The second kappa shape index (κ2) is 51.1. The molecule has 4 N–H and O–H groups in total. The van der Waals surface area contributed by atoms with Crippen molar-refractivity contribution in [1.82, 2.24) is 68.9 Å². The molecule has 2 aliphatic heterocycles. The zero-order valence-corrected chi connectivity index (χ0v) is 86.8. The highest BCUT2D eigenvalue weighted by atomic mass is 79.9. The number of amides is 3. The minimum absolute atomic E-state index is 0. The number of hydrazine groups is 1. The largest absolute Gasteiger partial charge is 0.444 e. The zero-order chi connectivity index (χ0) is 93.6. The molecule has 0 bridgehead atoms. The van der Waals surface area contributed by atoms with Gasteiger partial charge in [-0.2, -0.15) is 25.5 Å². The van der Waals surface area contributed by atoms with E-state index >= 15 is 0 Å². The first-order valence-electron chi connectivity index (χ1n) is 45.9. The Morgan fingerprint density at radius 2 is 0.746 bits per heavy atom. The number of anilines is 1. The quantitative estimate of drug-likeness (QED) is 0.0726. The number of hydrogen-bond acceptors (Lipinski definition) is 15. The lowest BCUT2D eigenvalue weighted by molar-refractivity contribution is -0.133. The zero-order valence-electron chi connectivity index (χ0n) is 78.1. The van der Waals surface area contributed by atoms with Gasteiger partial charge >= 0.3 is 12.2 Å². The molecule has 0 spiro atoms. The molecule has 1 atom stereocenters. The molecule has 5 aliphatic carbocycles. The molecule has 29 heteroatoms. The summed E-state index contributed by atoms with van der Waals surface area (Å²) in [6.45, 7) is 28.4. The maximum absolute atomic E-state index is 12.9. The van der Waals surface area contributed by atoms with Crippen molar-refractivity contribution in [1.29, 1.82) is 0 Å². The molecular formula is C105H134Br5ClN16O7. The van der Waals surface area contributed by atoms with E-state index in [-0.39, 0.29) is 68.4 Å². The molecule has 5 aromatic heterocycles. The fourth-order valence-corrected chi connectivity index (χ4v) is 18.5. The number of aromatic nitrogens is 10. The number of nitrogens with zero attached hydrogens (tertiary/aromatic N) is 13. The van der Waals surface area contributed by atoms with E-state index in [2.05, 4.69) is 245 Å². The van der Waals surface area contributed by atoms with Crippen LogP contribution in [0.4, 0.5) is 15.3 Å². The molecular weight excluding hydrogens is 2030 g/mol. The Labute approximate surface area is 840 Å². The van der Waals surface area contributed by atoms with Crippen LogP contribution in [-0.4, -0.2) is 157 Å². The SMILES string of the molecule is C.C.CC(=O)C1CCCCC1=O.CC(C)(C)OC(=O)N1CCNCC1.Cc1c2c(nn1-c1ccc(Br)cc1)CCCC2.Cc1nn(-c2ccc(Br)cc2)c2c1CCCC2.Cc1nn(-c2ccc(Br)cc2)c2c1CCCC2.Cc1nn(-c2ccc(Br)cc2)c2c1CCCC2.Cc1nn(-c2ccc(C(=O)N3CCN(C(=O)OC(C)(C)C)CC3)cc2)c2ccccc12.Cl.NNc1ccc(Br)cc1. The number of ether oxygens (including phenoxy) is 2. The summed E-state index contributed by atoms with van der Waals surface area (Å²) in [5, 5.41) is 27.8. The Balaban J connectivity index is 0.000000176. The monoisotopic (exact) mass is 2160 g/mol. The summed E-state index contributed by atoms with van der Waals surface area (Å²) in [7, 11) is 0. The molecule has 2 saturated heterocycles. The standard InChI is InChI=1S/C24H28N4O3.4C14H15BrN2.C9H18N2O2.C8H12O2.C6H7BrN2.2CH4.ClH/c1-17-20-7-5-6-8-21(20)28(25-17)19-11-9-18(10-12-19)22(29)26-13-15-27(16-14-26)23(30)31-24(2,3)4;1-10-13-4-2-3-5-14(13)16-17(10)12-8-6-11(15)7-9-12;3*1-10-13-4-2-3-5-14(13)17(16-10)12-8-6-11(15)7-9-12;1-9(2,3)13-8(12)11-6-4-10-5-7-11;1-6(9)7-4-2-3-5-8(7)10;7-5-1-3-6(9-8)4-2-5;;;/h5-12H,13-16H2,1-4H3;4*6-9H,2-5H2,1H3;10H,4-7H2,1-3H3;7H,2-5H2,1H3;1-4,9H,8H2;2*1H4;1H. The van der Waals surface area contributed by atoms with Crippen LogP contribution in [0, 0.1) is 40.5 Å². The lowest BCUT2D eigenvalue weighted by Crippen LogP contribution is -2.51. The molecule has 7 aromatic carbocycles. The van der Waals surface area contributed by atoms with Crippen LogP contribution in [0.25, 0.3) is 39.3 Å². The highest BCUT2D eigenvalue weighted by Crippen LogP contribution is 2.33. The molecule has 1 unspecified atom stereocenters. The van der Waals surface area contributed by atoms with Gasteiger partial charge in [0.05, 0.1) is 68.3 Å². The Kier molecular flexibility index (Phi) is 41.3. The van der Waals surface area contributed by atoms with Gasteiger partial charge in [-0.25, -0.2) is 33.0 Å². The normalized spacial score (nSPS) is 15.3. The number of hydrogen-bond donors (Lipinski definition) is 3. The minimum atomic E-state index is -0.524. The van der Waals surface area contributed by atoms with E-state index < -0.39 is 5.60 Å². The first kappa shape index (κ1) is 108. The minimum Gasteiger partial charge on any atom is -0.444 e. The number of nitrogens with one attached hydrogen (secondary N) is 2. The molecule has 3 fully saturated rings. The highest BCUT2D eigenvalue weighted by Gasteiger charge is 2.31. The Hall–Kier alpha value is -9.39. The van der Waals surface area contributed by atoms with Crippen molar-refractivity contribution in [2.24, 2.45) is 11.8 Å². The first-order chi connectivity index (χ1) is 62.8. The van der Waals surface area contributed by atoms with Gasteiger partial charge in [0, 0.05) is 121 Å². The molecule has 134 heavy (non-hydrogen) atoms. The summed E-state index contributed by atoms with van der Waals surface area (Å²) in [5.41, 5.74) is 27.1.